The molecule has 1 aromatic carbocycles. The van der Waals surface area contributed by atoms with Gasteiger partial charge in [-0.1, -0.05) is 12.1 Å². The minimum absolute atomic E-state index is 0.226. The van der Waals surface area contributed by atoms with E-state index in [0.29, 0.717) is 6.54 Å². The van der Waals surface area contributed by atoms with Crippen molar-refractivity contribution in [1.29, 1.82) is 0 Å². The molecule has 0 aliphatic rings. The normalized spacial score (nSPS) is 11.8. The predicted octanol–water partition coefficient (Wildman–Crippen LogP) is 2.26. The number of halogens is 1. The van der Waals surface area contributed by atoms with Crippen molar-refractivity contribution in [2.24, 2.45) is 5.73 Å². The first-order chi connectivity index (χ1) is 7.97. The van der Waals surface area contributed by atoms with Crippen molar-refractivity contribution in [3.8, 4) is 0 Å². The van der Waals surface area contributed by atoms with Crippen molar-refractivity contribution < 1.29 is 4.39 Å². The summed E-state index contributed by atoms with van der Waals surface area (Å²) in [7, 11) is 0. The lowest BCUT2D eigenvalue weighted by Crippen LogP contribution is -2.31. The van der Waals surface area contributed by atoms with Crippen LogP contribution in [0.15, 0.2) is 36.8 Å². The molecule has 0 bridgehead atoms. The van der Waals surface area contributed by atoms with E-state index in [-0.39, 0.29) is 5.82 Å². The van der Waals surface area contributed by atoms with E-state index in [1.165, 1.54) is 12.1 Å². The zero-order valence-electron chi connectivity index (χ0n) is 10.0. The van der Waals surface area contributed by atoms with Crippen LogP contribution < -0.4 is 5.73 Å². The molecule has 90 valence electrons. The summed E-state index contributed by atoms with van der Waals surface area (Å²) >= 11 is 0. The maximum absolute atomic E-state index is 13.1. The molecule has 0 atom stereocenters. The predicted molar refractivity (Wildman–Crippen MR) is 64.9 cm³/mol. The summed E-state index contributed by atoms with van der Waals surface area (Å²) in [6, 6.07) is 6.55. The third-order valence-corrected chi connectivity index (χ3v) is 2.61. The molecule has 2 aromatic rings. The number of nitrogens with zero attached hydrogens (tertiary/aromatic N) is 2. The summed E-state index contributed by atoms with van der Waals surface area (Å²) < 4.78 is 15.0. The van der Waals surface area contributed by atoms with E-state index in [2.05, 4.69) is 4.98 Å². The van der Waals surface area contributed by atoms with Crippen LogP contribution in [0.5, 0.6) is 0 Å². The van der Waals surface area contributed by atoms with Crippen LogP contribution in [0.3, 0.4) is 0 Å². The van der Waals surface area contributed by atoms with Gasteiger partial charge in [-0.15, -0.1) is 0 Å². The second-order valence-corrected chi connectivity index (χ2v) is 4.76. The largest absolute Gasteiger partial charge is 0.328 e. The fourth-order valence-electron chi connectivity index (χ4n) is 1.82. The van der Waals surface area contributed by atoms with Crippen LogP contribution in [0.25, 0.3) is 0 Å². The second kappa shape index (κ2) is 4.30. The van der Waals surface area contributed by atoms with E-state index in [1.807, 2.05) is 24.5 Å². The molecule has 0 amide bonds. The SMILES string of the molecule is CC(C)(N)c1cncn1Cc1cccc(F)c1. The molecule has 0 radical (unpaired) electrons. The Kier molecular flexibility index (Phi) is 2.98. The lowest BCUT2D eigenvalue weighted by atomic mass is 10.0. The van der Waals surface area contributed by atoms with Gasteiger partial charge in [0.1, 0.15) is 5.82 Å². The van der Waals surface area contributed by atoms with Gasteiger partial charge in [-0.25, -0.2) is 9.37 Å². The minimum atomic E-state index is -0.455. The third kappa shape index (κ3) is 2.71. The monoisotopic (exact) mass is 233 g/mol. The first-order valence-electron chi connectivity index (χ1n) is 5.51. The summed E-state index contributed by atoms with van der Waals surface area (Å²) in [5.74, 6) is -0.226. The van der Waals surface area contributed by atoms with Crippen LogP contribution in [0.2, 0.25) is 0 Å². The molecule has 1 heterocycles. The zero-order chi connectivity index (χ0) is 12.5. The Hall–Kier alpha value is -1.68. The maximum Gasteiger partial charge on any atom is 0.123 e. The van der Waals surface area contributed by atoms with Gasteiger partial charge in [-0.2, -0.15) is 0 Å². The molecule has 2 rings (SSSR count). The van der Waals surface area contributed by atoms with Crippen molar-refractivity contribution >= 4 is 0 Å². The Morgan fingerprint density at radius 2 is 2.18 bits per heavy atom. The van der Waals surface area contributed by atoms with Gasteiger partial charge in [0.25, 0.3) is 0 Å². The van der Waals surface area contributed by atoms with E-state index in [0.717, 1.165) is 11.3 Å². The number of nitrogens with two attached hydrogens (primary N) is 1. The van der Waals surface area contributed by atoms with E-state index >= 15 is 0 Å². The number of hydrogen-bond donors (Lipinski definition) is 1. The Labute approximate surface area is 100 Å². The Balaban J connectivity index is 2.28. The molecule has 0 saturated carbocycles. The molecule has 0 saturated heterocycles. The first kappa shape index (κ1) is 11.8. The molecular weight excluding hydrogens is 217 g/mol. The van der Waals surface area contributed by atoms with Gasteiger partial charge < -0.3 is 10.3 Å². The van der Waals surface area contributed by atoms with E-state index in [9.17, 15) is 4.39 Å². The van der Waals surface area contributed by atoms with Crippen molar-refractivity contribution in [1.82, 2.24) is 9.55 Å². The van der Waals surface area contributed by atoms with E-state index < -0.39 is 5.54 Å². The van der Waals surface area contributed by atoms with E-state index in [4.69, 9.17) is 5.73 Å². The van der Waals surface area contributed by atoms with Crippen molar-refractivity contribution in [3.63, 3.8) is 0 Å². The molecule has 4 heteroatoms. The molecule has 0 aliphatic heterocycles. The van der Waals surface area contributed by atoms with Crippen LogP contribution in [0.4, 0.5) is 4.39 Å². The highest BCUT2D eigenvalue weighted by Crippen LogP contribution is 2.17. The smallest absolute Gasteiger partial charge is 0.123 e. The average Bonchev–Trinajstić information content (AvgIpc) is 2.65. The number of hydrogen-bond acceptors (Lipinski definition) is 2. The molecule has 0 aliphatic carbocycles. The minimum Gasteiger partial charge on any atom is -0.328 e. The number of aromatic nitrogens is 2. The van der Waals surface area contributed by atoms with Gasteiger partial charge in [0.15, 0.2) is 0 Å². The second-order valence-electron chi connectivity index (χ2n) is 4.76. The van der Waals surface area contributed by atoms with Gasteiger partial charge in [0.05, 0.1) is 17.6 Å². The third-order valence-electron chi connectivity index (χ3n) is 2.61. The van der Waals surface area contributed by atoms with Crippen LogP contribution in [0, 0.1) is 5.82 Å². The highest BCUT2D eigenvalue weighted by molar-refractivity contribution is 5.19. The van der Waals surface area contributed by atoms with Gasteiger partial charge in [-0.05, 0) is 31.5 Å². The quantitative estimate of drug-likeness (QED) is 0.883. The van der Waals surface area contributed by atoms with Crippen molar-refractivity contribution in [2.45, 2.75) is 25.9 Å². The summed E-state index contributed by atoms with van der Waals surface area (Å²) in [4.78, 5) is 4.10. The summed E-state index contributed by atoms with van der Waals surface area (Å²) in [6.45, 7) is 4.42. The summed E-state index contributed by atoms with van der Waals surface area (Å²) in [5, 5.41) is 0. The Bertz CT molecular complexity index is 511. The molecule has 2 N–H and O–H groups in total. The van der Waals surface area contributed by atoms with Gasteiger partial charge >= 0.3 is 0 Å². The number of imidazole rings is 1. The molecular formula is C13H16FN3. The topological polar surface area (TPSA) is 43.8 Å². The summed E-state index contributed by atoms with van der Waals surface area (Å²) in [5.41, 5.74) is 7.43. The molecule has 1 aromatic heterocycles. The fraction of sp³-hybridized carbons (Fsp3) is 0.308. The standard InChI is InChI=1S/C13H16FN3/c1-13(2,15)12-7-16-9-17(12)8-10-4-3-5-11(14)6-10/h3-7,9H,8,15H2,1-2H3. The van der Waals surface area contributed by atoms with Gasteiger partial charge in [0.2, 0.25) is 0 Å². The van der Waals surface area contributed by atoms with Crippen molar-refractivity contribution in [2.75, 3.05) is 0 Å². The molecule has 3 nitrogen and oxygen atoms in total. The average molecular weight is 233 g/mol. The molecule has 17 heavy (non-hydrogen) atoms. The molecule has 0 unspecified atom stereocenters. The van der Waals surface area contributed by atoms with E-state index in [1.54, 1.807) is 18.6 Å². The highest BCUT2D eigenvalue weighted by atomic mass is 19.1. The van der Waals surface area contributed by atoms with Crippen LogP contribution in [0.1, 0.15) is 25.1 Å². The van der Waals surface area contributed by atoms with Gasteiger partial charge in [-0.3, -0.25) is 0 Å². The zero-order valence-corrected chi connectivity index (χ0v) is 10.0. The summed E-state index contributed by atoms with van der Waals surface area (Å²) in [6.07, 6.45) is 3.47. The fourth-order valence-corrected chi connectivity index (χ4v) is 1.82. The first-order valence-corrected chi connectivity index (χ1v) is 5.51. The van der Waals surface area contributed by atoms with Crippen molar-refractivity contribution in [3.05, 3.63) is 53.9 Å². The van der Waals surface area contributed by atoms with Crippen LogP contribution >= 0.6 is 0 Å². The molecule has 0 spiro atoms. The lowest BCUT2D eigenvalue weighted by Gasteiger charge is -2.20. The maximum atomic E-state index is 13.1. The van der Waals surface area contributed by atoms with Crippen LogP contribution in [-0.2, 0) is 12.1 Å². The van der Waals surface area contributed by atoms with Crippen LogP contribution in [-0.4, -0.2) is 9.55 Å². The van der Waals surface area contributed by atoms with Gasteiger partial charge in [0, 0.05) is 12.7 Å². The number of benzene rings is 1. The lowest BCUT2D eigenvalue weighted by molar-refractivity contribution is 0.503. The highest BCUT2D eigenvalue weighted by Gasteiger charge is 2.18. The Morgan fingerprint density at radius 1 is 1.41 bits per heavy atom. The Morgan fingerprint density at radius 3 is 2.82 bits per heavy atom. The molecule has 0 fully saturated rings. The number of rotatable bonds is 3.